The quantitative estimate of drug-likeness (QED) is 0.781. The molecule has 0 fully saturated rings. The number of aromatic nitrogens is 1. The molecule has 0 radical (unpaired) electrons. The Morgan fingerprint density at radius 1 is 1.26 bits per heavy atom. The highest BCUT2D eigenvalue weighted by atomic mass is 19.1. The van der Waals surface area contributed by atoms with Gasteiger partial charge in [-0.3, -0.25) is 4.79 Å². The number of fused-ring (bicyclic) bond motifs is 1. The Labute approximate surface area is 110 Å². The summed E-state index contributed by atoms with van der Waals surface area (Å²) in [5.74, 6) is -0.548. The smallest absolute Gasteiger partial charge is 0.257 e. The molecule has 0 spiro atoms. The van der Waals surface area contributed by atoms with Crippen LogP contribution in [-0.4, -0.2) is 10.5 Å². The Morgan fingerprint density at radius 3 is 2.74 bits per heavy atom. The minimum atomic E-state index is -0.346. The summed E-state index contributed by atoms with van der Waals surface area (Å²) in [6.07, 6.45) is 3.68. The number of rotatable bonds is 1. The van der Waals surface area contributed by atoms with E-state index < -0.39 is 0 Å². The maximum absolute atomic E-state index is 13.3. The Kier molecular flexibility index (Phi) is 2.52. The van der Waals surface area contributed by atoms with E-state index in [1.807, 2.05) is 30.7 Å². The van der Waals surface area contributed by atoms with Crippen molar-refractivity contribution in [1.29, 1.82) is 0 Å². The van der Waals surface area contributed by atoms with Crippen molar-refractivity contribution in [1.82, 2.24) is 4.57 Å². The highest BCUT2D eigenvalue weighted by Gasteiger charge is 2.24. The van der Waals surface area contributed by atoms with E-state index in [0.717, 1.165) is 11.3 Å². The van der Waals surface area contributed by atoms with Crippen LogP contribution in [-0.2, 0) is 4.79 Å². The van der Waals surface area contributed by atoms with E-state index >= 15 is 0 Å². The predicted octanol–water partition coefficient (Wildman–Crippen LogP) is 3.19. The number of carbonyl (C=O) groups is 1. The van der Waals surface area contributed by atoms with Crippen molar-refractivity contribution in [2.75, 3.05) is 5.32 Å². The maximum atomic E-state index is 13.3. The highest BCUT2D eigenvalue weighted by Crippen LogP contribution is 2.32. The number of benzene rings is 1. The molecule has 1 N–H and O–H groups in total. The molecule has 0 saturated carbocycles. The summed E-state index contributed by atoms with van der Waals surface area (Å²) in [5.41, 5.74) is 3.89. The van der Waals surface area contributed by atoms with Crippen LogP contribution in [0.5, 0.6) is 0 Å². The number of halogens is 1. The lowest BCUT2D eigenvalue weighted by Crippen LogP contribution is -2.04. The number of aryl methyl sites for hydroxylation is 2. The average Bonchev–Trinajstić information content (AvgIpc) is 2.81. The summed E-state index contributed by atoms with van der Waals surface area (Å²) in [6.45, 7) is 3.95. The van der Waals surface area contributed by atoms with Crippen LogP contribution in [0.3, 0.4) is 0 Å². The zero-order valence-corrected chi connectivity index (χ0v) is 10.7. The first kappa shape index (κ1) is 11.7. The van der Waals surface area contributed by atoms with E-state index in [4.69, 9.17) is 0 Å². The zero-order chi connectivity index (χ0) is 13.6. The molecule has 0 unspecified atom stereocenters. The SMILES string of the molecule is Cc1cc(C)n(C=C2C(=O)Nc3ccc(F)cc32)c1. The van der Waals surface area contributed by atoms with Crippen LogP contribution in [0.25, 0.3) is 11.8 Å². The van der Waals surface area contributed by atoms with Gasteiger partial charge in [0.05, 0.1) is 5.57 Å². The van der Waals surface area contributed by atoms with Gasteiger partial charge >= 0.3 is 0 Å². The van der Waals surface area contributed by atoms with Gasteiger partial charge in [0.15, 0.2) is 0 Å². The van der Waals surface area contributed by atoms with Crippen molar-refractivity contribution in [3.8, 4) is 0 Å². The van der Waals surface area contributed by atoms with Gasteiger partial charge in [0, 0.05) is 29.3 Å². The van der Waals surface area contributed by atoms with E-state index in [0.29, 0.717) is 16.8 Å². The normalized spacial score (nSPS) is 15.7. The molecule has 0 saturated heterocycles. The lowest BCUT2D eigenvalue weighted by Gasteiger charge is -2.01. The summed E-state index contributed by atoms with van der Waals surface area (Å²) in [7, 11) is 0. The standard InChI is InChI=1S/C15H13FN2O/c1-9-5-10(2)18(7-9)8-13-12-6-11(16)3-4-14(12)17-15(13)19/h3-8H,1-2H3,(H,17,19). The van der Waals surface area contributed by atoms with E-state index in [9.17, 15) is 9.18 Å². The number of nitrogens with zero attached hydrogens (tertiary/aromatic N) is 1. The summed E-state index contributed by atoms with van der Waals surface area (Å²) >= 11 is 0. The van der Waals surface area contributed by atoms with Gasteiger partial charge in [-0.1, -0.05) is 0 Å². The molecule has 2 aromatic rings. The van der Waals surface area contributed by atoms with Crippen LogP contribution < -0.4 is 5.32 Å². The minimum Gasteiger partial charge on any atom is -0.327 e. The minimum absolute atomic E-state index is 0.202. The van der Waals surface area contributed by atoms with Gasteiger partial charge in [-0.05, 0) is 43.7 Å². The van der Waals surface area contributed by atoms with Crippen molar-refractivity contribution < 1.29 is 9.18 Å². The van der Waals surface area contributed by atoms with Gasteiger partial charge in [0.25, 0.3) is 5.91 Å². The molecule has 1 aromatic carbocycles. The van der Waals surface area contributed by atoms with Crippen molar-refractivity contribution in [3.63, 3.8) is 0 Å². The molecule has 0 aliphatic carbocycles. The summed E-state index contributed by atoms with van der Waals surface area (Å²) in [4.78, 5) is 11.9. The van der Waals surface area contributed by atoms with Crippen molar-refractivity contribution >= 4 is 23.4 Å². The van der Waals surface area contributed by atoms with Crippen LogP contribution >= 0.6 is 0 Å². The molecule has 3 rings (SSSR count). The van der Waals surface area contributed by atoms with E-state index in [2.05, 4.69) is 5.32 Å². The van der Waals surface area contributed by atoms with Gasteiger partial charge in [-0.15, -0.1) is 0 Å². The molecule has 1 aliphatic rings. The fourth-order valence-electron chi connectivity index (χ4n) is 2.33. The van der Waals surface area contributed by atoms with Crippen LogP contribution in [0, 0.1) is 19.7 Å². The topological polar surface area (TPSA) is 34.0 Å². The molecule has 4 heteroatoms. The number of anilines is 1. The summed E-state index contributed by atoms with van der Waals surface area (Å²) in [5, 5.41) is 2.73. The Hall–Kier alpha value is -2.36. The van der Waals surface area contributed by atoms with Crippen molar-refractivity contribution in [2.24, 2.45) is 0 Å². The number of hydrogen-bond acceptors (Lipinski definition) is 1. The first-order valence-electron chi connectivity index (χ1n) is 6.03. The number of hydrogen-bond donors (Lipinski definition) is 1. The average molecular weight is 256 g/mol. The van der Waals surface area contributed by atoms with Gasteiger partial charge in [-0.2, -0.15) is 0 Å². The predicted molar refractivity (Wildman–Crippen MR) is 73.1 cm³/mol. The molecule has 1 amide bonds. The third-order valence-electron chi connectivity index (χ3n) is 3.22. The van der Waals surface area contributed by atoms with E-state index in [1.165, 1.54) is 12.1 Å². The van der Waals surface area contributed by atoms with Crippen LogP contribution in [0.1, 0.15) is 16.8 Å². The molecular formula is C15H13FN2O. The lowest BCUT2D eigenvalue weighted by molar-refractivity contribution is -0.110. The Balaban J connectivity index is 2.14. The highest BCUT2D eigenvalue weighted by molar-refractivity contribution is 6.34. The van der Waals surface area contributed by atoms with Gasteiger partial charge in [0.1, 0.15) is 5.82 Å². The summed E-state index contributed by atoms with van der Waals surface area (Å²) in [6, 6.07) is 6.32. The van der Waals surface area contributed by atoms with Gasteiger partial charge < -0.3 is 9.88 Å². The fraction of sp³-hybridized carbons (Fsp3) is 0.133. The molecule has 1 aliphatic heterocycles. The largest absolute Gasteiger partial charge is 0.327 e. The molecule has 19 heavy (non-hydrogen) atoms. The molecule has 3 nitrogen and oxygen atoms in total. The first-order chi connectivity index (χ1) is 9.04. The second kappa shape index (κ2) is 4.09. The molecule has 96 valence electrons. The molecule has 2 heterocycles. The third kappa shape index (κ3) is 1.95. The molecule has 0 atom stereocenters. The second-order valence-corrected chi connectivity index (χ2v) is 4.75. The first-order valence-corrected chi connectivity index (χ1v) is 6.03. The van der Waals surface area contributed by atoms with E-state index in [-0.39, 0.29) is 11.7 Å². The summed E-state index contributed by atoms with van der Waals surface area (Å²) < 4.78 is 15.2. The van der Waals surface area contributed by atoms with Gasteiger partial charge in [-0.25, -0.2) is 4.39 Å². The van der Waals surface area contributed by atoms with Crippen LogP contribution in [0.15, 0.2) is 30.5 Å². The van der Waals surface area contributed by atoms with E-state index in [1.54, 1.807) is 12.3 Å². The molecular weight excluding hydrogens is 243 g/mol. The van der Waals surface area contributed by atoms with Gasteiger partial charge in [0.2, 0.25) is 0 Å². The van der Waals surface area contributed by atoms with Crippen molar-refractivity contribution in [3.05, 3.63) is 53.1 Å². The number of amides is 1. The van der Waals surface area contributed by atoms with Crippen LogP contribution in [0.2, 0.25) is 0 Å². The van der Waals surface area contributed by atoms with Crippen LogP contribution in [0.4, 0.5) is 10.1 Å². The lowest BCUT2D eigenvalue weighted by atomic mass is 10.1. The molecule has 0 bridgehead atoms. The Morgan fingerprint density at radius 2 is 2.05 bits per heavy atom. The second-order valence-electron chi connectivity index (χ2n) is 4.75. The zero-order valence-electron chi connectivity index (χ0n) is 10.7. The fourth-order valence-corrected chi connectivity index (χ4v) is 2.33. The monoisotopic (exact) mass is 256 g/mol. The third-order valence-corrected chi connectivity index (χ3v) is 3.22. The number of nitrogens with one attached hydrogen (secondary N) is 1. The van der Waals surface area contributed by atoms with Crippen molar-refractivity contribution in [2.45, 2.75) is 13.8 Å². The number of carbonyl (C=O) groups excluding carboxylic acids is 1. The Bertz CT molecular complexity index is 713. The molecule has 1 aromatic heterocycles. The maximum Gasteiger partial charge on any atom is 0.257 e.